The quantitative estimate of drug-likeness (QED) is 0.593. The first-order chi connectivity index (χ1) is 6.68. The minimum Gasteiger partial charge on any atom is -0.391 e. The molecule has 4 heteroatoms. The van der Waals surface area contributed by atoms with Gasteiger partial charge >= 0.3 is 0 Å². The lowest BCUT2D eigenvalue weighted by atomic mass is 9.97. The molecule has 0 aromatic heterocycles. The van der Waals surface area contributed by atoms with E-state index in [4.69, 9.17) is 0 Å². The molecule has 0 saturated carbocycles. The number of aliphatic hydroxyl groups excluding tert-OH is 1. The number of nitrogens with one attached hydrogen (secondary N) is 1. The molecule has 2 rings (SSSR count). The summed E-state index contributed by atoms with van der Waals surface area (Å²) in [4.78, 5) is 13.8. The van der Waals surface area contributed by atoms with E-state index in [9.17, 15) is 9.90 Å². The van der Waals surface area contributed by atoms with Gasteiger partial charge in [0.2, 0.25) is 5.91 Å². The Bertz CT molecular complexity index is 232. The SMILES string of the molecule is CC1CNCC1C(=O)N1CCC(O)C1. The van der Waals surface area contributed by atoms with Crippen LogP contribution in [0.5, 0.6) is 0 Å². The van der Waals surface area contributed by atoms with Gasteiger partial charge in [-0.1, -0.05) is 6.92 Å². The molecule has 0 aromatic carbocycles. The summed E-state index contributed by atoms with van der Waals surface area (Å²) in [6.45, 7) is 5.10. The molecule has 3 unspecified atom stereocenters. The zero-order valence-corrected chi connectivity index (χ0v) is 8.57. The first-order valence-electron chi connectivity index (χ1n) is 5.36. The normalized spacial score (nSPS) is 37.9. The first-order valence-corrected chi connectivity index (χ1v) is 5.36. The van der Waals surface area contributed by atoms with Gasteiger partial charge in [-0.05, 0) is 18.9 Å². The highest BCUT2D eigenvalue weighted by Crippen LogP contribution is 2.21. The van der Waals surface area contributed by atoms with Gasteiger partial charge in [0.15, 0.2) is 0 Å². The van der Waals surface area contributed by atoms with E-state index in [1.165, 1.54) is 0 Å². The molecule has 2 aliphatic heterocycles. The Morgan fingerprint density at radius 2 is 2.29 bits per heavy atom. The Morgan fingerprint density at radius 1 is 1.50 bits per heavy atom. The van der Waals surface area contributed by atoms with Gasteiger partial charge in [-0.3, -0.25) is 4.79 Å². The van der Waals surface area contributed by atoms with Crippen LogP contribution in [0, 0.1) is 11.8 Å². The van der Waals surface area contributed by atoms with Crippen LogP contribution >= 0.6 is 0 Å². The van der Waals surface area contributed by atoms with Crippen LogP contribution in [0.4, 0.5) is 0 Å². The average molecular weight is 198 g/mol. The number of amides is 1. The Kier molecular flexibility index (Phi) is 2.74. The second kappa shape index (κ2) is 3.87. The van der Waals surface area contributed by atoms with Crippen molar-refractivity contribution in [2.75, 3.05) is 26.2 Å². The highest BCUT2D eigenvalue weighted by atomic mass is 16.3. The molecule has 2 N–H and O–H groups in total. The third-order valence-electron chi connectivity index (χ3n) is 3.31. The van der Waals surface area contributed by atoms with E-state index in [1.54, 1.807) is 4.90 Å². The summed E-state index contributed by atoms with van der Waals surface area (Å²) >= 11 is 0. The summed E-state index contributed by atoms with van der Waals surface area (Å²) in [5.74, 6) is 0.777. The third kappa shape index (κ3) is 1.77. The molecule has 0 spiro atoms. The molecule has 14 heavy (non-hydrogen) atoms. The molecular formula is C10H18N2O2. The van der Waals surface area contributed by atoms with Crippen LogP contribution in [-0.4, -0.2) is 48.2 Å². The molecule has 1 amide bonds. The Balaban J connectivity index is 1.94. The summed E-state index contributed by atoms with van der Waals surface area (Å²) in [5, 5.41) is 12.6. The molecule has 3 atom stereocenters. The summed E-state index contributed by atoms with van der Waals surface area (Å²) in [7, 11) is 0. The third-order valence-corrected chi connectivity index (χ3v) is 3.31. The summed E-state index contributed by atoms with van der Waals surface area (Å²) in [5.41, 5.74) is 0. The lowest BCUT2D eigenvalue weighted by molar-refractivity contribution is -0.135. The zero-order chi connectivity index (χ0) is 10.1. The summed E-state index contributed by atoms with van der Waals surface area (Å²) in [6.07, 6.45) is 0.434. The zero-order valence-electron chi connectivity index (χ0n) is 8.57. The van der Waals surface area contributed by atoms with E-state index in [1.807, 2.05) is 0 Å². The number of nitrogens with zero attached hydrogens (tertiary/aromatic N) is 1. The minimum absolute atomic E-state index is 0.125. The van der Waals surface area contributed by atoms with Gasteiger partial charge in [-0.15, -0.1) is 0 Å². The molecule has 0 radical (unpaired) electrons. The summed E-state index contributed by atoms with van der Waals surface area (Å²) in [6, 6.07) is 0. The number of β-amino-alcohol motifs (C(OH)–C–C–N with tert-alkyl or cyclic N) is 1. The molecule has 4 nitrogen and oxygen atoms in total. The maximum absolute atomic E-state index is 12.0. The number of hydrogen-bond acceptors (Lipinski definition) is 3. The van der Waals surface area contributed by atoms with Crippen molar-refractivity contribution in [1.82, 2.24) is 10.2 Å². The molecular weight excluding hydrogens is 180 g/mol. The largest absolute Gasteiger partial charge is 0.391 e. The van der Waals surface area contributed by atoms with Crippen molar-refractivity contribution in [3.63, 3.8) is 0 Å². The van der Waals surface area contributed by atoms with Crippen LogP contribution in [0.2, 0.25) is 0 Å². The number of carbonyl (C=O) groups is 1. The molecule has 2 heterocycles. The standard InChI is InChI=1S/C10H18N2O2/c1-7-4-11-5-9(7)10(14)12-3-2-8(13)6-12/h7-9,11,13H,2-6H2,1H3. The van der Waals surface area contributed by atoms with Gasteiger partial charge in [-0.2, -0.15) is 0 Å². The topological polar surface area (TPSA) is 52.6 Å². The number of rotatable bonds is 1. The Morgan fingerprint density at radius 3 is 2.79 bits per heavy atom. The first kappa shape index (κ1) is 9.93. The van der Waals surface area contributed by atoms with E-state index in [-0.39, 0.29) is 17.9 Å². The number of carbonyl (C=O) groups excluding carboxylic acids is 1. The van der Waals surface area contributed by atoms with Gasteiger partial charge in [0.1, 0.15) is 0 Å². The average Bonchev–Trinajstić information content (AvgIpc) is 2.73. The predicted molar refractivity (Wildman–Crippen MR) is 52.7 cm³/mol. The van der Waals surface area contributed by atoms with E-state index < -0.39 is 0 Å². The van der Waals surface area contributed by atoms with Crippen LogP contribution in [0.15, 0.2) is 0 Å². The number of likely N-dealkylation sites (tertiary alicyclic amines) is 1. The van der Waals surface area contributed by atoms with Gasteiger partial charge in [0, 0.05) is 19.6 Å². The van der Waals surface area contributed by atoms with E-state index in [2.05, 4.69) is 12.2 Å². The van der Waals surface area contributed by atoms with Crippen molar-refractivity contribution in [2.45, 2.75) is 19.4 Å². The van der Waals surface area contributed by atoms with Crippen molar-refractivity contribution in [1.29, 1.82) is 0 Å². The van der Waals surface area contributed by atoms with E-state index in [0.717, 1.165) is 26.1 Å². The highest BCUT2D eigenvalue weighted by molar-refractivity contribution is 5.80. The monoisotopic (exact) mass is 198 g/mol. The lowest BCUT2D eigenvalue weighted by Crippen LogP contribution is -2.37. The van der Waals surface area contributed by atoms with Crippen LogP contribution in [0.1, 0.15) is 13.3 Å². The second-order valence-corrected chi connectivity index (χ2v) is 4.47. The maximum Gasteiger partial charge on any atom is 0.227 e. The maximum atomic E-state index is 12.0. The van der Waals surface area contributed by atoms with Crippen LogP contribution in [0.3, 0.4) is 0 Å². The fraction of sp³-hybridized carbons (Fsp3) is 0.900. The highest BCUT2D eigenvalue weighted by Gasteiger charge is 2.35. The molecule has 2 saturated heterocycles. The molecule has 80 valence electrons. The van der Waals surface area contributed by atoms with Gasteiger partial charge in [0.25, 0.3) is 0 Å². The van der Waals surface area contributed by atoms with Crippen LogP contribution < -0.4 is 5.32 Å². The van der Waals surface area contributed by atoms with Crippen LogP contribution in [0.25, 0.3) is 0 Å². The smallest absolute Gasteiger partial charge is 0.227 e. The summed E-state index contributed by atoms with van der Waals surface area (Å²) < 4.78 is 0. The minimum atomic E-state index is -0.302. The molecule has 0 aromatic rings. The molecule has 0 aliphatic carbocycles. The Labute approximate surface area is 84.3 Å². The van der Waals surface area contributed by atoms with E-state index >= 15 is 0 Å². The van der Waals surface area contributed by atoms with Crippen LogP contribution in [-0.2, 0) is 4.79 Å². The molecule has 2 fully saturated rings. The van der Waals surface area contributed by atoms with Crippen molar-refractivity contribution in [3.05, 3.63) is 0 Å². The van der Waals surface area contributed by atoms with Crippen molar-refractivity contribution >= 4 is 5.91 Å². The molecule has 2 aliphatic rings. The molecule has 0 bridgehead atoms. The second-order valence-electron chi connectivity index (χ2n) is 4.47. The van der Waals surface area contributed by atoms with Crippen molar-refractivity contribution < 1.29 is 9.90 Å². The van der Waals surface area contributed by atoms with Crippen molar-refractivity contribution in [3.8, 4) is 0 Å². The van der Waals surface area contributed by atoms with E-state index in [0.29, 0.717) is 12.5 Å². The predicted octanol–water partition coefficient (Wildman–Crippen LogP) is -0.565. The fourth-order valence-electron chi connectivity index (χ4n) is 2.32. The van der Waals surface area contributed by atoms with Gasteiger partial charge in [-0.25, -0.2) is 0 Å². The lowest BCUT2D eigenvalue weighted by Gasteiger charge is -2.21. The number of hydrogen-bond donors (Lipinski definition) is 2. The Hall–Kier alpha value is -0.610. The van der Waals surface area contributed by atoms with Crippen molar-refractivity contribution in [2.24, 2.45) is 11.8 Å². The number of aliphatic hydroxyl groups is 1. The fourth-order valence-corrected chi connectivity index (χ4v) is 2.32. The van der Waals surface area contributed by atoms with Gasteiger partial charge < -0.3 is 15.3 Å². The van der Waals surface area contributed by atoms with Gasteiger partial charge in [0.05, 0.1) is 12.0 Å².